The van der Waals surface area contributed by atoms with Crippen LogP contribution in [0, 0.1) is 11.8 Å². The number of carbonyl (C=O) groups excluding carboxylic acids is 3. The molecule has 9 heteroatoms. The second-order valence-electron chi connectivity index (χ2n) is 11.8. The molecule has 2 N–H and O–H groups in total. The van der Waals surface area contributed by atoms with Gasteiger partial charge >= 0.3 is 6.16 Å². The van der Waals surface area contributed by atoms with E-state index in [0.717, 1.165) is 60.7 Å². The van der Waals surface area contributed by atoms with Crippen molar-refractivity contribution in [2.24, 2.45) is 17.0 Å². The molecule has 9 nitrogen and oxygen atoms in total. The molecule has 5 rings (SSSR count). The highest BCUT2D eigenvalue weighted by atomic mass is 16.7. The molecule has 0 atom stereocenters. The van der Waals surface area contributed by atoms with Gasteiger partial charge in [-0.05, 0) is 105 Å². The van der Waals surface area contributed by atoms with Gasteiger partial charge in [0, 0.05) is 45.0 Å². The molecule has 0 saturated carbocycles. The van der Waals surface area contributed by atoms with Gasteiger partial charge in [-0.1, -0.05) is 32.3 Å². The third kappa shape index (κ3) is 6.83. The average molecular weight is 598 g/mol. The van der Waals surface area contributed by atoms with E-state index in [1.165, 1.54) is 0 Å². The monoisotopic (exact) mass is 597 g/mol. The zero-order chi connectivity index (χ0) is 31.2. The Kier molecular flexibility index (Phi) is 9.75. The van der Waals surface area contributed by atoms with Crippen LogP contribution in [0.1, 0.15) is 72.7 Å². The summed E-state index contributed by atoms with van der Waals surface area (Å²) < 4.78 is 12.5. The van der Waals surface area contributed by atoms with Crippen molar-refractivity contribution in [3.05, 3.63) is 77.4 Å². The topological polar surface area (TPSA) is 119 Å². The number of Topliss-reactive ketones (excluding diaryl/α,β-unsaturated/α-hetero) is 1. The fourth-order valence-corrected chi connectivity index (χ4v) is 5.41. The van der Waals surface area contributed by atoms with E-state index in [1.54, 1.807) is 30.3 Å². The van der Waals surface area contributed by atoms with E-state index >= 15 is 0 Å². The van der Waals surface area contributed by atoms with E-state index in [4.69, 9.17) is 9.47 Å². The molecule has 1 aliphatic rings. The fourth-order valence-electron chi connectivity index (χ4n) is 5.41. The zero-order valence-electron chi connectivity index (χ0n) is 25.5. The molecule has 0 unspecified atom stereocenters. The van der Waals surface area contributed by atoms with Gasteiger partial charge < -0.3 is 24.6 Å². The third-order valence-electron chi connectivity index (χ3n) is 8.02. The van der Waals surface area contributed by atoms with Crippen LogP contribution in [0.3, 0.4) is 0 Å². The molecule has 0 amide bonds. The smallest absolute Gasteiger partial charge is 0.434 e. The lowest BCUT2D eigenvalue weighted by molar-refractivity contribution is 0.0885. The van der Waals surface area contributed by atoms with Gasteiger partial charge in [-0.3, -0.25) is 9.59 Å². The number of nitrogens with zero attached hydrogens (tertiary/aromatic N) is 2. The number of ketones is 2. The van der Waals surface area contributed by atoms with Gasteiger partial charge in [0.15, 0.2) is 5.78 Å². The van der Waals surface area contributed by atoms with E-state index < -0.39 is 6.16 Å². The maximum Gasteiger partial charge on any atom is 0.513 e. The highest BCUT2D eigenvalue weighted by Gasteiger charge is 2.21. The molecule has 1 saturated heterocycles. The van der Waals surface area contributed by atoms with Crippen molar-refractivity contribution in [3.63, 3.8) is 0 Å². The SMILES string of the molecule is CCCC/C(=N\O)C(=O)c1ccc2c(c1)c1cc(C(=O)c3ccc(OC(=O)OCC(C)C)cc3)ccc1n2CCC1CNC1. The quantitative estimate of drug-likeness (QED) is 0.0425. The van der Waals surface area contributed by atoms with Gasteiger partial charge in [-0.2, -0.15) is 0 Å². The first-order valence-electron chi connectivity index (χ1n) is 15.3. The summed E-state index contributed by atoms with van der Waals surface area (Å²) in [7, 11) is 0. The normalized spacial score (nSPS) is 13.8. The summed E-state index contributed by atoms with van der Waals surface area (Å²) in [6.07, 6.45) is 2.28. The minimum Gasteiger partial charge on any atom is -0.434 e. The van der Waals surface area contributed by atoms with Crippen LogP contribution in [0.4, 0.5) is 4.79 Å². The van der Waals surface area contributed by atoms with Gasteiger partial charge in [-0.25, -0.2) is 4.79 Å². The molecule has 4 aromatic rings. The molecule has 0 bridgehead atoms. The lowest BCUT2D eigenvalue weighted by Crippen LogP contribution is -2.42. The number of carbonyl (C=O) groups is 3. The van der Waals surface area contributed by atoms with Crippen molar-refractivity contribution < 1.29 is 29.1 Å². The van der Waals surface area contributed by atoms with Gasteiger partial charge in [0.2, 0.25) is 5.78 Å². The van der Waals surface area contributed by atoms with E-state index in [0.29, 0.717) is 29.0 Å². The molecule has 0 aliphatic carbocycles. The lowest BCUT2D eigenvalue weighted by atomic mass is 9.99. The number of ether oxygens (including phenoxy) is 2. The predicted octanol–water partition coefficient (Wildman–Crippen LogP) is 7.01. The highest BCUT2D eigenvalue weighted by molar-refractivity contribution is 6.46. The molecule has 3 aromatic carbocycles. The Morgan fingerprint density at radius 3 is 2.18 bits per heavy atom. The third-order valence-corrected chi connectivity index (χ3v) is 8.02. The Morgan fingerprint density at radius 2 is 1.59 bits per heavy atom. The summed E-state index contributed by atoms with van der Waals surface area (Å²) in [5, 5.41) is 17.9. The number of hydrogen-bond acceptors (Lipinski definition) is 8. The minimum absolute atomic E-state index is 0.142. The molecule has 44 heavy (non-hydrogen) atoms. The Labute approximate surface area is 256 Å². The maximum absolute atomic E-state index is 13.6. The van der Waals surface area contributed by atoms with Crippen molar-refractivity contribution in [3.8, 4) is 5.75 Å². The highest BCUT2D eigenvalue weighted by Crippen LogP contribution is 2.32. The summed E-state index contributed by atoms with van der Waals surface area (Å²) in [6, 6.07) is 17.6. The number of aromatic nitrogens is 1. The molecular weight excluding hydrogens is 558 g/mol. The maximum atomic E-state index is 13.6. The molecule has 1 aromatic heterocycles. The summed E-state index contributed by atoms with van der Waals surface area (Å²) in [5.41, 5.74) is 3.51. The van der Waals surface area contributed by atoms with Crippen LogP contribution in [-0.2, 0) is 11.3 Å². The Hall–Kier alpha value is -4.50. The van der Waals surface area contributed by atoms with E-state index in [9.17, 15) is 19.6 Å². The number of rotatable bonds is 13. The number of benzene rings is 3. The standard InChI is InChI=1S/C35H39N3O6/c1-4-5-6-30(37-42)34(40)26-10-14-32-29(18-26)28-17-25(9-13-31(28)38(32)16-15-23-19-36-20-23)33(39)24-7-11-27(12-8-24)44-35(41)43-21-22(2)3/h7-14,17-18,22-23,36,42H,4-6,15-16,19-21H2,1-3H3/b37-30+. The molecular formula is C35H39N3O6. The van der Waals surface area contributed by atoms with Gasteiger partial charge in [0.25, 0.3) is 0 Å². The number of aryl methyl sites for hydroxylation is 1. The summed E-state index contributed by atoms with van der Waals surface area (Å²) in [5.74, 6) is 0.627. The average Bonchev–Trinajstić information content (AvgIpc) is 3.31. The summed E-state index contributed by atoms with van der Waals surface area (Å²) >= 11 is 0. The van der Waals surface area contributed by atoms with Crippen LogP contribution >= 0.6 is 0 Å². The molecule has 1 fully saturated rings. The lowest BCUT2D eigenvalue weighted by Gasteiger charge is -2.27. The van der Waals surface area contributed by atoms with Crippen LogP contribution in [0.25, 0.3) is 21.8 Å². The van der Waals surface area contributed by atoms with Crippen LogP contribution in [0.15, 0.2) is 65.8 Å². The van der Waals surface area contributed by atoms with Crippen LogP contribution in [0.2, 0.25) is 0 Å². The van der Waals surface area contributed by atoms with E-state index in [2.05, 4.69) is 15.0 Å². The summed E-state index contributed by atoms with van der Waals surface area (Å²) in [6.45, 7) is 8.99. The Morgan fingerprint density at radius 1 is 0.955 bits per heavy atom. The second-order valence-corrected chi connectivity index (χ2v) is 11.8. The van der Waals surface area contributed by atoms with Crippen LogP contribution in [-0.4, -0.2) is 52.9 Å². The van der Waals surface area contributed by atoms with Crippen LogP contribution < -0.4 is 10.1 Å². The predicted molar refractivity (Wildman–Crippen MR) is 170 cm³/mol. The Balaban J connectivity index is 1.46. The van der Waals surface area contributed by atoms with Crippen molar-refractivity contribution in [1.82, 2.24) is 9.88 Å². The number of unbranched alkanes of at least 4 members (excludes halogenated alkanes) is 1. The number of hydrogen-bond donors (Lipinski definition) is 2. The first-order valence-corrected chi connectivity index (χ1v) is 15.3. The van der Waals surface area contributed by atoms with E-state index in [-0.39, 0.29) is 35.6 Å². The molecule has 230 valence electrons. The number of nitrogens with one attached hydrogen (secondary N) is 1. The minimum atomic E-state index is -0.784. The molecule has 2 heterocycles. The zero-order valence-corrected chi connectivity index (χ0v) is 25.5. The number of fused-ring (bicyclic) bond motifs is 3. The fraction of sp³-hybridized carbons (Fsp3) is 0.371. The van der Waals surface area contributed by atoms with Crippen molar-refractivity contribution in [2.75, 3.05) is 19.7 Å². The summed E-state index contributed by atoms with van der Waals surface area (Å²) in [4.78, 5) is 38.7. The first-order chi connectivity index (χ1) is 21.3. The molecule has 1 aliphatic heterocycles. The second kappa shape index (κ2) is 13.9. The van der Waals surface area contributed by atoms with Gasteiger partial charge in [-0.15, -0.1) is 0 Å². The molecule has 0 spiro atoms. The number of oxime groups is 1. The van der Waals surface area contributed by atoms with Crippen molar-refractivity contribution >= 4 is 45.2 Å². The first kappa shape index (κ1) is 30.9. The molecule has 0 radical (unpaired) electrons. The van der Waals surface area contributed by atoms with Crippen molar-refractivity contribution in [2.45, 2.75) is 53.0 Å². The Bertz CT molecular complexity index is 1700. The van der Waals surface area contributed by atoms with Gasteiger partial charge in [0.05, 0.1) is 6.61 Å². The van der Waals surface area contributed by atoms with Crippen molar-refractivity contribution in [1.29, 1.82) is 0 Å². The van der Waals surface area contributed by atoms with Gasteiger partial charge in [0.1, 0.15) is 11.5 Å². The van der Waals surface area contributed by atoms with Crippen LogP contribution in [0.5, 0.6) is 5.75 Å². The largest absolute Gasteiger partial charge is 0.513 e. The van der Waals surface area contributed by atoms with E-state index in [1.807, 2.05) is 51.1 Å².